The van der Waals surface area contributed by atoms with E-state index in [0.29, 0.717) is 0 Å². The highest BCUT2D eigenvalue weighted by molar-refractivity contribution is 5.51. The van der Waals surface area contributed by atoms with E-state index < -0.39 is 0 Å². The quantitative estimate of drug-likeness (QED) is 0.844. The van der Waals surface area contributed by atoms with Gasteiger partial charge in [0.15, 0.2) is 0 Å². The summed E-state index contributed by atoms with van der Waals surface area (Å²) in [6, 6.07) is 1.98. The van der Waals surface area contributed by atoms with Crippen molar-refractivity contribution in [1.82, 2.24) is 9.88 Å². The Hall–Kier alpha value is -1.13. The summed E-state index contributed by atoms with van der Waals surface area (Å²) in [5, 5.41) is 9.30. The molecule has 2 rings (SSSR count). The molecule has 0 saturated carbocycles. The number of aromatic nitrogens is 1. The highest BCUT2D eigenvalue weighted by Crippen LogP contribution is 2.22. The third-order valence-electron chi connectivity index (χ3n) is 3.48. The van der Waals surface area contributed by atoms with Crippen molar-refractivity contribution in [2.24, 2.45) is 5.92 Å². The van der Waals surface area contributed by atoms with Crippen LogP contribution in [0.5, 0.6) is 0 Å². The third kappa shape index (κ3) is 2.96. The fourth-order valence-corrected chi connectivity index (χ4v) is 2.58. The molecule has 0 aromatic carbocycles. The van der Waals surface area contributed by atoms with Gasteiger partial charge in [-0.15, -0.1) is 0 Å². The van der Waals surface area contributed by atoms with Crippen LogP contribution in [0.4, 0.5) is 5.69 Å². The Bertz CT molecular complexity index is 369. The minimum atomic E-state index is 0.0537. The van der Waals surface area contributed by atoms with Crippen LogP contribution in [0.2, 0.25) is 0 Å². The van der Waals surface area contributed by atoms with Crippen LogP contribution in [-0.2, 0) is 6.61 Å². The molecule has 0 spiro atoms. The zero-order chi connectivity index (χ0) is 12.3. The minimum Gasteiger partial charge on any atom is -0.392 e. The van der Waals surface area contributed by atoms with Gasteiger partial charge in [-0.2, -0.15) is 0 Å². The number of aliphatic hydroxyl groups is 1. The predicted octanol–water partition coefficient (Wildman–Crippen LogP) is 0.962. The van der Waals surface area contributed by atoms with E-state index in [9.17, 15) is 5.11 Å². The van der Waals surface area contributed by atoms with Crippen molar-refractivity contribution in [3.05, 3.63) is 24.0 Å². The number of rotatable bonds is 4. The van der Waals surface area contributed by atoms with Gasteiger partial charge in [-0.25, -0.2) is 0 Å². The number of nitrogens with zero attached hydrogens (tertiary/aromatic N) is 3. The summed E-state index contributed by atoms with van der Waals surface area (Å²) in [6.07, 6.45) is 4.79. The van der Waals surface area contributed by atoms with Gasteiger partial charge in [0.25, 0.3) is 0 Å². The molecule has 1 atom stereocenters. The van der Waals surface area contributed by atoms with Gasteiger partial charge in [0, 0.05) is 43.8 Å². The summed E-state index contributed by atoms with van der Waals surface area (Å²) in [5.41, 5.74) is 2.00. The fraction of sp³-hybridized carbons (Fsp3) is 0.615. The van der Waals surface area contributed by atoms with Crippen LogP contribution in [0.3, 0.4) is 0 Å². The van der Waals surface area contributed by atoms with Crippen LogP contribution >= 0.6 is 0 Å². The Kier molecular flexibility index (Phi) is 3.97. The molecule has 1 N–H and O–H groups in total. The summed E-state index contributed by atoms with van der Waals surface area (Å²) < 4.78 is 0. The first-order valence-corrected chi connectivity index (χ1v) is 6.14. The topological polar surface area (TPSA) is 39.6 Å². The number of anilines is 1. The Morgan fingerprint density at radius 3 is 3.06 bits per heavy atom. The first kappa shape index (κ1) is 12.3. The Morgan fingerprint density at radius 1 is 1.59 bits per heavy atom. The number of aliphatic hydroxyl groups excluding tert-OH is 1. The molecule has 1 unspecified atom stereocenters. The van der Waals surface area contributed by atoms with Gasteiger partial charge in [0.05, 0.1) is 6.61 Å². The molecule has 0 radical (unpaired) electrons. The molecule has 1 saturated heterocycles. The maximum Gasteiger partial charge on any atom is 0.0717 e. The van der Waals surface area contributed by atoms with E-state index >= 15 is 0 Å². The number of hydrogen-bond donors (Lipinski definition) is 1. The molecule has 4 heteroatoms. The van der Waals surface area contributed by atoms with Gasteiger partial charge < -0.3 is 14.9 Å². The molecule has 0 bridgehead atoms. The molecule has 1 fully saturated rings. The normalized spacial score (nSPS) is 20.8. The zero-order valence-electron chi connectivity index (χ0n) is 10.6. The summed E-state index contributed by atoms with van der Waals surface area (Å²) in [5.74, 6) is 0.727. The van der Waals surface area contributed by atoms with E-state index in [1.54, 1.807) is 12.4 Å². The molecular weight excluding hydrogens is 214 g/mol. The Labute approximate surface area is 103 Å². The maximum absolute atomic E-state index is 9.30. The molecule has 0 amide bonds. The third-order valence-corrected chi connectivity index (χ3v) is 3.48. The molecule has 1 aliphatic rings. The summed E-state index contributed by atoms with van der Waals surface area (Å²) in [6.45, 7) is 3.46. The van der Waals surface area contributed by atoms with E-state index in [1.165, 1.54) is 19.5 Å². The maximum atomic E-state index is 9.30. The van der Waals surface area contributed by atoms with Crippen molar-refractivity contribution < 1.29 is 5.11 Å². The van der Waals surface area contributed by atoms with Crippen LogP contribution in [0.15, 0.2) is 18.5 Å². The van der Waals surface area contributed by atoms with Crippen molar-refractivity contribution >= 4 is 5.69 Å². The second kappa shape index (κ2) is 5.47. The minimum absolute atomic E-state index is 0.0537. The lowest BCUT2D eigenvalue weighted by molar-refractivity contribution is 0.281. The van der Waals surface area contributed by atoms with Crippen molar-refractivity contribution in [3.8, 4) is 0 Å². The van der Waals surface area contributed by atoms with E-state index in [0.717, 1.165) is 23.7 Å². The lowest BCUT2D eigenvalue weighted by atomic mass is 10.1. The summed E-state index contributed by atoms with van der Waals surface area (Å²) >= 11 is 0. The number of hydrogen-bond acceptors (Lipinski definition) is 4. The highest BCUT2D eigenvalue weighted by atomic mass is 16.3. The van der Waals surface area contributed by atoms with E-state index in [-0.39, 0.29) is 6.61 Å². The standard InChI is InChI=1S/C13H21N3O/c1-15-6-4-11(8-15)9-16(2)13-3-5-14-7-12(13)10-17/h3,5,7,11,17H,4,6,8-10H2,1-2H3. The SMILES string of the molecule is CN1CCC(CN(C)c2ccncc2CO)C1. The van der Waals surface area contributed by atoms with Gasteiger partial charge in [0.1, 0.15) is 0 Å². The van der Waals surface area contributed by atoms with Crippen LogP contribution < -0.4 is 4.90 Å². The van der Waals surface area contributed by atoms with Crippen LogP contribution in [0.1, 0.15) is 12.0 Å². The Balaban J connectivity index is 2.01. The van der Waals surface area contributed by atoms with Crippen LogP contribution in [-0.4, -0.2) is 48.7 Å². The van der Waals surface area contributed by atoms with Crippen molar-refractivity contribution in [1.29, 1.82) is 0 Å². The van der Waals surface area contributed by atoms with Gasteiger partial charge in [-0.1, -0.05) is 0 Å². The molecule has 1 aromatic rings. The van der Waals surface area contributed by atoms with Gasteiger partial charge in [0.2, 0.25) is 0 Å². The average molecular weight is 235 g/mol. The van der Waals surface area contributed by atoms with Crippen LogP contribution in [0.25, 0.3) is 0 Å². The van der Waals surface area contributed by atoms with Gasteiger partial charge in [-0.3, -0.25) is 4.98 Å². The second-order valence-corrected chi connectivity index (χ2v) is 4.96. The predicted molar refractivity (Wildman–Crippen MR) is 69.0 cm³/mol. The molecule has 94 valence electrons. The van der Waals surface area contributed by atoms with Gasteiger partial charge in [-0.05, 0) is 32.0 Å². The zero-order valence-corrected chi connectivity index (χ0v) is 10.6. The molecule has 4 nitrogen and oxygen atoms in total. The molecule has 1 aliphatic heterocycles. The summed E-state index contributed by atoms with van der Waals surface area (Å²) in [7, 11) is 4.26. The molecular formula is C13H21N3O. The summed E-state index contributed by atoms with van der Waals surface area (Å²) in [4.78, 5) is 8.65. The first-order chi connectivity index (χ1) is 8.20. The molecule has 0 aliphatic carbocycles. The second-order valence-electron chi connectivity index (χ2n) is 4.96. The first-order valence-electron chi connectivity index (χ1n) is 6.14. The van der Waals surface area contributed by atoms with Gasteiger partial charge >= 0.3 is 0 Å². The lowest BCUT2D eigenvalue weighted by Crippen LogP contribution is -2.28. The van der Waals surface area contributed by atoms with Crippen molar-refractivity contribution in [3.63, 3.8) is 0 Å². The van der Waals surface area contributed by atoms with E-state index in [4.69, 9.17) is 0 Å². The number of pyridine rings is 1. The monoisotopic (exact) mass is 235 g/mol. The largest absolute Gasteiger partial charge is 0.392 e. The molecule has 2 heterocycles. The highest BCUT2D eigenvalue weighted by Gasteiger charge is 2.21. The van der Waals surface area contributed by atoms with Crippen LogP contribution in [0, 0.1) is 5.92 Å². The number of likely N-dealkylation sites (tertiary alicyclic amines) is 1. The molecule has 17 heavy (non-hydrogen) atoms. The fourth-order valence-electron chi connectivity index (χ4n) is 2.58. The van der Waals surface area contributed by atoms with E-state index in [2.05, 4.69) is 28.9 Å². The lowest BCUT2D eigenvalue weighted by Gasteiger charge is -2.24. The van der Waals surface area contributed by atoms with Crippen molar-refractivity contribution in [2.75, 3.05) is 38.6 Å². The molecule has 1 aromatic heterocycles. The Morgan fingerprint density at radius 2 is 2.41 bits per heavy atom. The smallest absolute Gasteiger partial charge is 0.0717 e. The van der Waals surface area contributed by atoms with E-state index in [1.807, 2.05) is 6.07 Å². The average Bonchev–Trinajstić information content (AvgIpc) is 2.74. The van der Waals surface area contributed by atoms with Crippen molar-refractivity contribution in [2.45, 2.75) is 13.0 Å².